The van der Waals surface area contributed by atoms with Crippen LogP contribution in [0.2, 0.25) is 0 Å². The summed E-state index contributed by atoms with van der Waals surface area (Å²) in [7, 11) is 1.52. The fourth-order valence-corrected chi connectivity index (χ4v) is 7.08. The summed E-state index contributed by atoms with van der Waals surface area (Å²) in [5.74, 6) is -0.350. The highest BCUT2D eigenvalue weighted by Gasteiger charge is 2.66. The molecule has 2 aromatic rings. The van der Waals surface area contributed by atoms with Crippen LogP contribution in [0.1, 0.15) is 16.8 Å². The Morgan fingerprint density at radius 2 is 1.55 bits per heavy atom. The number of hydrogen-bond acceptors (Lipinski definition) is 5. The molecule has 1 heterocycles. The Morgan fingerprint density at radius 3 is 2.19 bits per heavy atom. The average molecular weight is 549 g/mol. The van der Waals surface area contributed by atoms with Gasteiger partial charge in [0.25, 0.3) is 0 Å². The standard InChI is InChI=1S/C23H19Br2NO5/c1-30-13-6-2-4-11(8-13)23(29)31-14-7-3-5-12(9-14)26-21(27)17-15-10-16(18(17)22(26)28)20(25)19(15)24/h2-9,15-20H,10H2,1H3/t15-,16-,17-,18+,19+,20+/m1/s1. The number of halogens is 2. The number of methoxy groups -OCH3 is 1. The average Bonchev–Trinajstić information content (AvgIpc) is 3.38. The van der Waals surface area contributed by atoms with E-state index in [0.717, 1.165) is 6.42 Å². The maximum absolute atomic E-state index is 13.2. The first-order valence-corrected chi connectivity index (χ1v) is 11.9. The van der Waals surface area contributed by atoms with Crippen molar-refractivity contribution in [2.75, 3.05) is 12.0 Å². The summed E-state index contributed by atoms with van der Waals surface area (Å²) in [5, 5.41) is 0. The normalized spacial score (nSPS) is 31.1. The Balaban J connectivity index is 1.39. The molecule has 2 saturated carbocycles. The zero-order valence-corrected chi connectivity index (χ0v) is 19.7. The number of amides is 2. The van der Waals surface area contributed by atoms with Gasteiger partial charge in [-0.25, -0.2) is 9.69 Å². The van der Waals surface area contributed by atoms with Gasteiger partial charge in [0, 0.05) is 15.7 Å². The lowest BCUT2D eigenvalue weighted by Gasteiger charge is -2.28. The molecule has 1 saturated heterocycles. The van der Waals surface area contributed by atoms with Gasteiger partial charge in [0.1, 0.15) is 11.5 Å². The van der Waals surface area contributed by atoms with Crippen molar-refractivity contribution >= 4 is 55.3 Å². The van der Waals surface area contributed by atoms with Crippen LogP contribution >= 0.6 is 31.9 Å². The van der Waals surface area contributed by atoms with Crippen LogP contribution in [-0.2, 0) is 9.59 Å². The largest absolute Gasteiger partial charge is 0.497 e. The molecule has 2 aliphatic carbocycles. The van der Waals surface area contributed by atoms with Crippen LogP contribution in [0, 0.1) is 23.7 Å². The van der Waals surface area contributed by atoms with Gasteiger partial charge in [0.05, 0.1) is 30.2 Å². The van der Waals surface area contributed by atoms with Crippen LogP contribution in [0.4, 0.5) is 5.69 Å². The molecule has 2 aromatic carbocycles. The SMILES string of the molecule is COc1cccc(C(=O)Oc2cccc(N3C(=O)[C@@H]4[C@H]5C[C@@H]([C@H](Br)[C@H]5Br)[C@@H]4C3=O)c2)c1. The summed E-state index contributed by atoms with van der Waals surface area (Å²) in [6.45, 7) is 0. The lowest BCUT2D eigenvalue weighted by Crippen LogP contribution is -2.37. The number of ether oxygens (including phenoxy) is 2. The van der Waals surface area contributed by atoms with Crippen LogP contribution in [0.25, 0.3) is 0 Å². The number of carbonyl (C=O) groups excluding carboxylic acids is 3. The van der Waals surface area contributed by atoms with E-state index in [1.54, 1.807) is 48.5 Å². The van der Waals surface area contributed by atoms with Gasteiger partial charge in [0.2, 0.25) is 11.8 Å². The highest BCUT2D eigenvalue weighted by Crippen LogP contribution is 2.60. The van der Waals surface area contributed by atoms with Crippen molar-refractivity contribution in [1.29, 1.82) is 0 Å². The monoisotopic (exact) mass is 547 g/mol. The molecule has 6 nitrogen and oxygen atoms in total. The number of anilines is 1. The van der Waals surface area contributed by atoms with Gasteiger partial charge in [-0.1, -0.05) is 44.0 Å². The van der Waals surface area contributed by atoms with Crippen LogP contribution in [0.3, 0.4) is 0 Å². The summed E-state index contributed by atoms with van der Waals surface area (Å²) in [6.07, 6.45) is 0.880. The van der Waals surface area contributed by atoms with Crippen LogP contribution in [0.15, 0.2) is 48.5 Å². The molecule has 2 amide bonds. The maximum Gasteiger partial charge on any atom is 0.343 e. The molecule has 8 heteroatoms. The molecule has 0 N–H and O–H groups in total. The third kappa shape index (κ3) is 3.22. The predicted octanol–water partition coefficient (Wildman–Crippen LogP) is 4.20. The molecule has 5 rings (SSSR count). The summed E-state index contributed by atoms with van der Waals surface area (Å²) in [5.41, 5.74) is 0.771. The summed E-state index contributed by atoms with van der Waals surface area (Å²) >= 11 is 7.39. The van der Waals surface area contributed by atoms with E-state index in [1.807, 2.05) is 0 Å². The third-order valence-corrected chi connectivity index (χ3v) is 9.79. The lowest BCUT2D eigenvalue weighted by atomic mass is 9.81. The van der Waals surface area contributed by atoms with E-state index in [9.17, 15) is 14.4 Å². The number of imide groups is 1. The quantitative estimate of drug-likeness (QED) is 0.248. The summed E-state index contributed by atoms with van der Waals surface area (Å²) in [6, 6.07) is 13.2. The van der Waals surface area contributed by atoms with E-state index >= 15 is 0 Å². The first kappa shape index (κ1) is 20.7. The fourth-order valence-electron chi connectivity index (χ4n) is 5.21. The number of hydrogen-bond donors (Lipinski definition) is 0. The van der Waals surface area contributed by atoms with Crippen molar-refractivity contribution in [3.63, 3.8) is 0 Å². The third-order valence-electron chi connectivity index (χ3n) is 6.58. The van der Waals surface area contributed by atoms with Crippen molar-refractivity contribution < 1.29 is 23.9 Å². The minimum Gasteiger partial charge on any atom is -0.497 e. The number of fused-ring (bicyclic) bond motifs is 5. The molecule has 0 radical (unpaired) electrons. The van der Waals surface area contributed by atoms with Gasteiger partial charge in [-0.05, 0) is 48.6 Å². The van der Waals surface area contributed by atoms with Gasteiger partial charge in [-0.3, -0.25) is 9.59 Å². The van der Waals surface area contributed by atoms with Gasteiger partial charge in [0.15, 0.2) is 0 Å². The Morgan fingerprint density at radius 1 is 0.935 bits per heavy atom. The molecule has 6 atom stereocenters. The number of alkyl halides is 2. The van der Waals surface area contributed by atoms with E-state index in [-0.39, 0.29) is 50.9 Å². The van der Waals surface area contributed by atoms with E-state index < -0.39 is 5.97 Å². The summed E-state index contributed by atoms with van der Waals surface area (Å²) in [4.78, 5) is 40.6. The molecule has 2 bridgehead atoms. The van der Waals surface area contributed by atoms with Crippen molar-refractivity contribution in [2.45, 2.75) is 16.1 Å². The Hall–Kier alpha value is -2.19. The predicted molar refractivity (Wildman–Crippen MR) is 121 cm³/mol. The van der Waals surface area contributed by atoms with Gasteiger partial charge in [-0.15, -0.1) is 0 Å². The molecular weight excluding hydrogens is 530 g/mol. The second kappa shape index (κ2) is 7.74. The molecule has 3 fully saturated rings. The number of rotatable bonds is 4. The smallest absolute Gasteiger partial charge is 0.343 e. The minimum atomic E-state index is -0.547. The van der Waals surface area contributed by atoms with Gasteiger partial charge >= 0.3 is 5.97 Å². The topological polar surface area (TPSA) is 72.9 Å². The lowest BCUT2D eigenvalue weighted by molar-refractivity contribution is -0.123. The number of nitrogens with zero attached hydrogens (tertiary/aromatic N) is 1. The van der Waals surface area contributed by atoms with Gasteiger partial charge < -0.3 is 9.47 Å². The molecule has 160 valence electrons. The molecule has 1 aliphatic heterocycles. The Labute approximate surface area is 196 Å². The van der Waals surface area contributed by atoms with Crippen molar-refractivity contribution in [3.05, 3.63) is 54.1 Å². The van der Waals surface area contributed by atoms with Crippen molar-refractivity contribution in [1.82, 2.24) is 0 Å². The van der Waals surface area contributed by atoms with E-state index in [2.05, 4.69) is 31.9 Å². The van der Waals surface area contributed by atoms with Crippen LogP contribution < -0.4 is 14.4 Å². The minimum absolute atomic E-state index is 0.148. The van der Waals surface area contributed by atoms with E-state index in [1.165, 1.54) is 12.0 Å². The zero-order valence-electron chi connectivity index (χ0n) is 16.5. The van der Waals surface area contributed by atoms with E-state index in [0.29, 0.717) is 17.0 Å². The highest BCUT2D eigenvalue weighted by molar-refractivity contribution is 9.12. The maximum atomic E-state index is 13.2. The van der Waals surface area contributed by atoms with Crippen LogP contribution in [0.5, 0.6) is 11.5 Å². The second-order valence-electron chi connectivity index (χ2n) is 8.13. The zero-order chi connectivity index (χ0) is 21.9. The second-order valence-corrected chi connectivity index (χ2v) is 10.2. The molecule has 0 unspecified atom stereocenters. The molecule has 0 aromatic heterocycles. The fraction of sp³-hybridized carbons (Fsp3) is 0.348. The first-order chi connectivity index (χ1) is 14.9. The summed E-state index contributed by atoms with van der Waals surface area (Å²) < 4.78 is 10.6. The molecule has 31 heavy (non-hydrogen) atoms. The first-order valence-electron chi connectivity index (χ1n) is 10.0. The van der Waals surface area contributed by atoms with E-state index in [4.69, 9.17) is 9.47 Å². The molecule has 3 aliphatic rings. The number of esters is 1. The van der Waals surface area contributed by atoms with Gasteiger partial charge in [-0.2, -0.15) is 0 Å². The Bertz CT molecular complexity index is 1060. The molecular formula is C23H19Br2NO5. The van der Waals surface area contributed by atoms with Crippen LogP contribution in [-0.4, -0.2) is 34.5 Å². The highest BCUT2D eigenvalue weighted by atomic mass is 79.9. The number of benzene rings is 2. The van der Waals surface area contributed by atoms with Crippen molar-refractivity contribution in [2.24, 2.45) is 23.7 Å². The molecule has 0 spiro atoms. The van der Waals surface area contributed by atoms with Crippen molar-refractivity contribution in [3.8, 4) is 11.5 Å². The Kier molecular flexibility index (Phi) is 5.17. The number of carbonyl (C=O) groups is 3.